The zero-order valence-corrected chi connectivity index (χ0v) is 24.9. The van der Waals surface area contributed by atoms with Crippen LogP contribution in [0.4, 0.5) is 0 Å². The van der Waals surface area contributed by atoms with Crippen molar-refractivity contribution >= 4 is 11.9 Å². The Morgan fingerprint density at radius 3 is 2.16 bits per heavy atom. The van der Waals surface area contributed by atoms with E-state index >= 15 is 0 Å². The van der Waals surface area contributed by atoms with Crippen molar-refractivity contribution in [2.75, 3.05) is 14.2 Å². The van der Waals surface area contributed by atoms with Crippen molar-refractivity contribution in [1.29, 1.82) is 0 Å². The molecule has 6 nitrogen and oxygen atoms in total. The average molecular weight is 531 g/mol. The van der Waals surface area contributed by atoms with E-state index in [0.717, 1.165) is 51.4 Å². The number of rotatable bonds is 2. The van der Waals surface area contributed by atoms with Crippen LogP contribution in [-0.4, -0.2) is 48.1 Å². The van der Waals surface area contributed by atoms with Gasteiger partial charge in [-0.25, -0.2) is 0 Å². The average Bonchev–Trinajstić information content (AvgIpc) is 2.88. The molecule has 11 atom stereocenters. The highest BCUT2D eigenvalue weighted by atomic mass is 16.5. The number of carbonyl (C=O) groups excluding carboxylic acids is 2. The molecule has 0 aliphatic heterocycles. The van der Waals surface area contributed by atoms with E-state index in [2.05, 4.69) is 33.8 Å². The number of aliphatic hydroxyl groups is 2. The molecule has 0 bridgehead atoms. The summed E-state index contributed by atoms with van der Waals surface area (Å²) in [6, 6.07) is 0. The standard InChI is InChI=1S/C32H50O6/c1-19-11-16-32(26(35)38-8)18-17-28(3)20(24(32)31(19,6)36)9-10-21-27(2)14-13-23(33)30(5,25(34)37-7)22(27)12-15-29(21,28)4/h9,19,21-24,33,36H,10-18H2,1-8H3/t19-,21-,22-,23+,24-,27-,28-,29-,30-,31-,32+/m1/s1. The molecular weight excluding hydrogens is 480 g/mol. The molecule has 5 aliphatic rings. The fourth-order valence-electron chi connectivity index (χ4n) is 11.2. The van der Waals surface area contributed by atoms with Gasteiger partial charge in [0, 0.05) is 5.92 Å². The predicted octanol–water partition coefficient (Wildman–Crippen LogP) is 5.45. The van der Waals surface area contributed by atoms with E-state index in [1.165, 1.54) is 19.8 Å². The molecule has 0 aromatic heterocycles. The fourth-order valence-corrected chi connectivity index (χ4v) is 11.2. The van der Waals surface area contributed by atoms with Gasteiger partial charge in [-0.05, 0) is 106 Å². The molecule has 38 heavy (non-hydrogen) atoms. The number of ether oxygens (including phenoxy) is 2. The minimum atomic E-state index is -0.997. The lowest BCUT2D eigenvalue weighted by Crippen LogP contribution is -2.68. The monoisotopic (exact) mass is 530 g/mol. The number of fused-ring (bicyclic) bond motifs is 7. The number of hydrogen-bond donors (Lipinski definition) is 2. The fraction of sp³-hybridized carbons (Fsp3) is 0.875. The molecule has 0 unspecified atom stereocenters. The summed E-state index contributed by atoms with van der Waals surface area (Å²) < 4.78 is 10.7. The van der Waals surface area contributed by atoms with Crippen LogP contribution in [0.1, 0.15) is 99.3 Å². The Labute approximate surface area is 228 Å². The van der Waals surface area contributed by atoms with Gasteiger partial charge in [-0.1, -0.05) is 39.3 Å². The number of esters is 2. The molecule has 0 aromatic rings. The normalized spacial score (nSPS) is 53.8. The van der Waals surface area contributed by atoms with Crippen molar-refractivity contribution in [3.63, 3.8) is 0 Å². The van der Waals surface area contributed by atoms with Crippen molar-refractivity contribution in [2.45, 2.75) is 111 Å². The predicted molar refractivity (Wildman–Crippen MR) is 145 cm³/mol. The Balaban J connectivity index is 1.63. The number of allylic oxidation sites excluding steroid dienone is 1. The lowest BCUT2D eigenvalue weighted by molar-refractivity contribution is -0.226. The molecule has 214 valence electrons. The lowest BCUT2D eigenvalue weighted by Gasteiger charge is -2.71. The van der Waals surface area contributed by atoms with Crippen LogP contribution in [-0.2, 0) is 19.1 Å². The first-order chi connectivity index (χ1) is 17.6. The highest BCUT2D eigenvalue weighted by Crippen LogP contribution is 2.76. The molecule has 0 radical (unpaired) electrons. The molecule has 2 N–H and O–H groups in total. The summed E-state index contributed by atoms with van der Waals surface area (Å²) in [5, 5.41) is 23.2. The maximum atomic E-state index is 13.5. The van der Waals surface area contributed by atoms with Crippen molar-refractivity contribution in [1.82, 2.24) is 0 Å². The molecule has 0 amide bonds. The van der Waals surface area contributed by atoms with Gasteiger partial charge in [-0.3, -0.25) is 9.59 Å². The third kappa shape index (κ3) is 3.14. The van der Waals surface area contributed by atoms with E-state index in [-0.39, 0.29) is 45.9 Å². The summed E-state index contributed by atoms with van der Waals surface area (Å²) in [6.07, 6.45) is 9.01. The second-order valence-corrected chi connectivity index (χ2v) is 14.9. The molecular formula is C32H50O6. The molecule has 0 spiro atoms. The summed E-state index contributed by atoms with van der Waals surface area (Å²) in [5.41, 5.74) is -1.69. The van der Waals surface area contributed by atoms with Crippen LogP contribution in [0, 0.1) is 50.7 Å². The zero-order valence-electron chi connectivity index (χ0n) is 24.9. The molecule has 5 rings (SSSR count). The van der Waals surface area contributed by atoms with Crippen LogP contribution in [0.2, 0.25) is 0 Å². The van der Waals surface area contributed by atoms with Crippen molar-refractivity contribution in [3.8, 4) is 0 Å². The second kappa shape index (κ2) is 8.55. The van der Waals surface area contributed by atoms with E-state index in [1.807, 2.05) is 13.8 Å². The first kappa shape index (κ1) is 28.1. The summed E-state index contributed by atoms with van der Waals surface area (Å²) in [6.45, 7) is 13.2. The molecule has 0 heterocycles. The van der Waals surface area contributed by atoms with Gasteiger partial charge < -0.3 is 19.7 Å². The van der Waals surface area contributed by atoms with Crippen LogP contribution in [0.5, 0.6) is 0 Å². The molecule has 6 heteroatoms. The van der Waals surface area contributed by atoms with E-state index in [4.69, 9.17) is 9.47 Å². The third-order valence-corrected chi connectivity index (χ3v) is 13.9. The van der Waals surface area contributed by atoms with Crippen LogP contribution in [0.3, 0.4) is 0 Å². The quantitative estimate of drug-likeness (QED) is 0.365. The van der Waals surface area contributed by atoms with Crippen LogP contribution < -0.4 is 0 Å². The third-order valence-electron chi connectivity index (χ3n) is 13.9. The Hall–Kier alpha value is -1.40. The van der Waals surface area contributed by atoms with E-state index in [1.54, 1.807) is 0 Å². The maximum absolute atomic E-state index is 13.5. The number of methoxy groups -OCH3 is 2. The summed E-state index contributed by atoms with van der Waals surface area (Å²) in [7, 11) is 2.92. The van der Waals surface area contributed by atoms with Gasteiger partial charge in [-0.15, -0.1) is 0 Å². The minimum Gasteiger partial charge on any atom is -0.469 e. The first-order valence-corrected chi connectivity index (χ1v) is 14.9. The summed E-state index contributed by atoms with van der Waals surface area (Å²) in [4.78, 5) is 26.6. The maximum Gasteiger partial charge on any atom is 0.314 e. The summed E-state index contributed by atoms with van der Waals surface area (Å²) in [5.74, 6) is -0.269. The zero-order chi connectivity index (χ0) is 28.1. The van der Waals surface area contributed by atoms with Gasteiger partial charge in [0.25, 0.3) is 0 Å². The van der Waals surface area contributed by atoms with E-state index in [0.29, 0.717) is 12.3 Å². The largest absolute Gasteiger partial charge is 0.469 e. The number of carbonyl (C=O) groups is 2. The lowest BCUT2D eigenvalue weighted by atomic mass is 9.33. The van der Waals surface area contributed by atoms with Crippen LogP contribution in [0.15, 0.2) is 11.6 Å². The van der Waals surface area contributed by atoms with Gasteiger partial charge in [-0.2, -0.15) is 0 Å². The van der Waals surface area contributed by atoms with E-state index < -0.39 is 22.5 Å². The Morgan fingerprint density at radius 1 is 0.868 bits per heavy atom. The van der Waals surface area contributed by atoms with Crippen molar-refractivity contribution in [2.24, 2.45) is 50.7 Å². The van der Waals surface area contributed by atoms with Crippen molar-refractivity contribution in [3.05, 3.63) is 11.6 Å². The van der Waals surface area contributed by atoms with E-state index in [9.17, 15) is 19.8 Å². The second-order valence-electron chi connectivity index (χ2n) is 14.9. The topological polar surface area (TPSA) is 93.1 Å². The first-order valence-electron chi connectivity index (χ1n) is 14.9. The molecule has 4 saturated carbocycles. The summed E-state index contributed by atoms with van der Waals surface area (Å²) >= 11 is 0. The molecule has 5 aliphatic carbocycles. The molecule has 0 aromatic carbocycles. The molecule has 0 saturated heterocycles. The van der Waals surface area contributed by atoms with Crippen molar-refractivity contribution < 1.29 is 29.3 Å². The Bertz CT molecular complexity index is 1050. The van der Waals surface area contributed by atoms with Gasteiger partial charge >= 0.3 is 11.9 Å². The molecule has 4 fully saturated rings. The minimum absolute atomic E-state index is 0.0402. The van der Waals surface area contributed by atoms with Crippen LogP contribution >= 0.6 is 0 Å². The Morgan fingerprint density at radius 2 is 1.53 bits per heavy atom. The van der Waals surface area contributed by atoms with Gasteiger partial charge in [0.05, 0.1) is 36.8 Å². The van der Waals surface area contributed by atoms with Gasteiger partial charge in [0.2, 0.25) is 0 Å². The highest BCUT2D eigenvalue weighted by molar-refractivity contribution is 5.79. The van der Waals surface area contributed by atoms with Crippen LogP contribution in [0.25, 0.3) is 0 Å². The van der Waals surface area contributed by atoms with Gasteiger partial charge in [0.1, 0.15) is 0 Å². The van der Waals surface area contributed by atoms with Gasteiger partial charge in [0.15, 0.2) is 0 Å². The number of aliphatic hydroxyl groups excluding tert-OH is 1. The Kier molecular flexibility index (Phi) is 6.33. The number of hydrogen-bond acceptors (Lipinski definition) is 6. The smallest absolute Gasteiger partial charge is 0.314 e. The SMILES string of the molecule is COC(=O)[C@]12CC[C@@H](C)[C@@](C)(O)[C@H]1C1=CC[C@@H]3[C@@]4(C)CC[C@H](O)[C@](C)(C(=O)OC)[C@@H]4CC[C@@]3(C)[C@]1(C)CC2. The highest BCUT2D eigenvalue weighted by Gasteiger charge is 2.72.